The van der Waals surface area contributed by atoms with E-state index in [4.69, 9.17) is 0 Å². The summed E-state index contributed by atoms with van der Waals surface area (Å²) in [6, 6.07) is 5.47. The minimum absolute atomic E-state index is 0.136. The SMILES string of the molecule is C/C(=N\NC(=O)c1cccc([N+](=O)[O-])c1)C1=C=CC=C1. The highest BCUT2D eigenvalue weighted by molar-refractivity contribution is 6.02. The van der Waals surface area contributed by atoms with Crippen LogP contribution in [0.3, 0.4) is 0 Å². The molecular weight excluding hydrogens is 258 g/mol. The molecule has 1 amide bonds. The number of hydrogen-bond acceptors (Lipinski definition) is 4. The van der Waals surface area contributed by atoms with Crippen LogP contribution in [0.2, 0.25) is 0 Å². The van der Waals surface area contributed by atoms with Gasteiger partial charge in [0.15, 0.2) is 0 Å². The number of amides is 1. The summed E-state index contributed by atoms with van der Waals surface area (Å²) >= 11 is 0. The van der Waals surface area contributed by atoms with Crippen molar-refractivity contribution in [1.82, 2.24) is 5.43 Å². The molecule has 100 valence electrons. The average molecular weight is 269 g/mol. The molecule has 0 aromatic heterocycles. The lowest BCUT2D eigenvalue weighted by molar-refractivity contribution is -0.384. The van der Waals surface area contributed by atoms with Crippen molar-refractivity contribution < 1.29 is 9.72 Å². The minimum Gasteiger partial charge on any atom is -0.267 e. The Morgan fingerprint density at radius 3 is 2.90 bits per heavy atom. The molecular formula is C14H11N3O3. The maximum Gasteiger partial charge on any atom is 0.271 e. The molecule has 1 aromatic rings. The summed E-state index contributed by atoms with van der Waals surface area (Å²) in [5.41, 5.74) is 6.75. The molecule has 0 spiro atoms. The van der Waals surface area contributed by atoms with Crippen LogP contribution < -0.4 is 5.43 Å². The van der Waals surface area contributed by atoms with E-state index in [1.165, 1.54) is 24.3 Å². The van der Waals surface area contributed by atoms with Crippen molar-refractivity contribution in [3.05, 3.63) is 69.5 Å². The fraction of sp³-hybridized carbons (Fsp3) is 0.0714. The van der Waals surface area contributed by atoms with Gasteiger partial charge < -0.3 is 0 Å². The molecule has 1 aromatic carbocycles. The first kappa shape index (κ1) is 13.5. The highest BCUT2D eigenvalue weighted by Gasteiger charge is 2.11. The van der Waals surface area contributed by atoms with Gasteiger partial charge in [-0.25, -0.2) is 5.43 Å². The molecule has 0 heterocycles. The zero-order valence-electron chi connectivity index (χ0n) is 10.7. The number of rotatable bonds is 4. The number of nitro benzene ring substituents is 1. The van der Waals surface area contributed by atoms with Gasteiger partial charge in [0.2, 0.25) is 0 Å². The number of non-ortho nitro benzene ring substituents is 1. The van der Waals surface area contributed by atoms with Crippen LogP contribution >= 0.6 is 0 Å². The summed E-state index contributed by atoms with van der Waals surface area (Å²) in [5.74, 6) is -0.500. The third-order valence-electron chi connectivity index (χ3n) is 2.63. The van der Waals surface area contributed by atoms with Crippen molar-refractivity contribution in [3.63, 3.8) is 0 Å². The third kappa shape index (κ3) is 3.07. The first-order valence-electron chi connectivity index (χ1n) is 5.81. The molecule has 6 heteroatoms. The highest BCUT2D eigenvalue weighted by Crippen LogP contribution is 2.13. The Balaban J connectivity index is 2.11. The summed E-state index contributed by atoms with van der Waals surface area (Å²) in [7, 11) is 0. The zero-order valence-corrected chi connectivity index (χ0v) is 10.7. The van der Waals surface area contributed by atoms with Crippen LogP contribution in [-0.2, 0) is 0 Å². The van der Waals surface area contributed by atoms with Crippen LogP contribution in [0.5, 0.6) is 0 Å². The van der Waals surface area contributed by atoms with Crippen molar-refractivity contribution in [3.8, 4) is 0 Å². The predicted octanol–water partition coefficient (Wildman–Crippen LogP) is 2.35. The van der Waals surface area contributed by atoms with Crippen molar-refractivity contribution in [2.45, 2.75) is 6.92 Å². The molecule has 0 aliphatic heterocycles. The number of nitrogens with zero attached hydrogens (tertiary/aromatic N) is 2. The van der Waals surface area contributed by atoms with E-state index in [1.807, 2.05) is 12.2 Å². The molecule has 1 aliphatic carbocycles. The van der Waals surface area contributed by atoms with Crippen LogP contribution in [0.15, 0.2) is 58.9 Å². The van der Waals surface area contributed by atoms with E-state index >= 15 is 0 Å². The van der Waals surface area contributed by atoms with E-state index in [1.54, 1.807) is 13.0 Å². The van der Waals surface area contributed by atoms with Gasteiger partial charge in [-0.1, -0.05) is 12.1 Å². The topological polar surface area (TPSA) is 84.6 Å². The Hall–Kier alpha value is -2.98. The van der Waals surface area contributed by atoms with Crippen molar-refractivity contribution in [2.75, 3.05) is 0 Å². The van der Waals surface area contributed by atoms with Gasteiger partial charge in [0.25, 0.3) is 11.6 Å². The van der Waals surface area contributed by atoms with E-state index in [2.05, 4.69) is 16.3 Å². The molecule has 0 fully saturated rings. The molecule has 20 heavy (non-hydrogen) atoms. The molecule has 0 unspecified atom stereocenters. The van der Waals surface area contributed by atoms with E-state index in [0.29, 0.717) is 5.71 Å². The van der Waals surface area contributed by atoms with Gasteiger partial charge in [-0.2, -0.15) is 5.10 Å². The summed E-state index contributed by atoms with van der Waals surface area (Å²) in [5, 5.41) is 14.6. The quantitative estimate of drug-likeness (QED) is 0.394. The van der Waals surface area contributed by atoms with Crippen molar-refractivity contribution in [1.29, 1.82) is 0 Å². The van der Waals surface area contributed by atoms with Crippen LogP contribution in [-0.4, -0.2) is 16.5 Å². The normalized spacial score (nSPS) is 13.2. The second-order valence-electron chi connectivity index (χ2n) is 4.03. The number of allylic oxidation sites excluding steroid dienone is 3. The molecule has 0 bridgehead atoms. The maximum absolute atomic E-state index is 11.8. The molecule has 0 atom stereocenters. The lowest BCUT2D eigenvalue weighted by Gasteiger charge is -2.02. The van der Waals surface area contributed by atoms with E-state index in [-0.39, 0.29) is 11.3 Å². The fourth-order valence-corrected chi connectivity index (χ4v) is 1.58. The molecule has 0 radical (unpaired) electrons. The van der Waals surface area contributed by atoms with Crippen LogP contribution in [0.4, 0.5) is 5.69 Å². The molecule has 1 aliphatic rings. The molecule has 2 rings (SSSR count). The van der Waals surface area contributed by atoms with Gasteiger partial charge in [-0.15, -0.1) is 5.73 Å². The Morgan fingerprint density at radius 2 is 2.25 bits per heavy atom. The maximum atomic E-state index is 11.8. The fourth-order valence-electron chi connectivity index (χ4n) is 1.58. The van der Waals surface area contributed by atoms with Crippen molar-refractivity contribution in [2.24, 2.45) is 5.10 Å². The molecule has 0 saturated carbocycles. The second-order valence-corrected chi connectivity index (χ2v) is 4.03. The smallest absolute Gasteiger partial charge is 0.267 e. The van der Waals surface area contributed by atoms with Gasteiger partial charge in [0.1, 0.15) is 0 Å². The number of hydrazone groups is 1. The van der Waals surface area contributed by atoms with Gasteiger partial charge >= 0.3 is 0 Å². The summed E-state index contributed by atoms with van der Waals surface area (Å²) in [6.45, 7) is 1.74. The van der Waals surface area contributed by atoms with Gasteiger partial charge in [-0.05, 0) is 25.1 Å². The standard InChI is InChI=1S/C14H11N3O3/c1-10(11-5-2-3-6-11)15-16-14(18)12-7-4-8-13(9-12)17(19)20/h2-5,7-9H,1H3,(H,16,18)/b15-10+. The predicted molar refractivity (Wildman–Crippen MR) is 74.4 cm³/mol. The number of carbonyl (C=O) groups is 1. The van der Waals surface area contributed by atoms with E-state index in [9.17, 15) is 14.9 Å². The minimum atomic E-state index is -0.551. The monoisotopic (exact) mass is 269 g/mol. The van der Waals surface area contributed by atoms with Crippen molar-refractivity contribution >= 4 is 17.3 Å². The summed E-state index contributed by atoms with van der Waals surface area (Å²) < 4.78 is 0. The van der Waals surface area contributed by atoms with E-state index < -0.39 is 10.8 Å². The van der Waals surface area contributed by atoms with E-state index in [0.717, 1.165) is 5.57 Å². The lowest BCUT2D eigenvalue weighted by Crippen LogP contribution is -2.19. The molecule has 0 saturated heterocycles. The highest BCUT2D eigenvalue weighted by atomic mass is 16.6. The number of benzene rings is 1. The Bertz CT molecular complexity index is 695. The van der Waals surface area contributed by atoms with Gasteiger partial charge in [-0.3, -0.25) is 14.9 Å². The molecule has 1 N–H and O–H groups in total. The lowest BCUT2D eigenvalue weighted by atomic mass is 10.2. The van der Waals surface area contributed by atoms with Gasteiger partial charge in [0.05, 0.1) is 10.6 Å². The average Bonchev–Trinajstić information content (AvgIpc) is 2.98. The van der Waals surface area contributed by atoms with Crippen LogP contribution in [0.25, 0.3) is 0 Å². The first-order chi connectivity index (χ1) is 9.58. The summed E-state index contributed by atoms with van der Waals surface area (Å²) in [4.78, 5) is 21.9. The number of carbonyl (C=O) groups excluding carboxylic acids is 1. The molecule has 6 nitrogen and oxygen atoms in total. The number of nitrogens with one attached hydrogen (secondary N) is 1. The Morgan fingerprint density at radius 1 is 1.45 bits per heavy atom. The summed E-state index contributed by atoms with van der Waals surface area (Å²) in [6.07, 6.45) is 5.38. The first-order valence-corrected chi connectivity index (χ1v) is 5.81. The second kappa shape index (κ2) is 5.77. The zero-order chi connectivity index (χ0) is 14.5. The van der Waals surface area contributed by atoms with Crippen LogP contribution in [0, 0.1) is 10.1 Å². The Kier molecular flexibility index (Phi) is 3.88. The largest absolute Gasteiger partial charge is 0.271 e. The van der Waals surface area contributed by atoms with Gasteiger partial charge in [0, 0.05) is 23.3 Å². The third-order valence-corrected chi connectivity index (χ3v) is 2.63. The van der Waals surface area contributed by atoms with Crippen LogP contribution in [0.1, 0.15) is 17.3 Å². The Labute approximate surface area is 115 Å². The number of hydrogen-bond donors (Lipinski definition) is 1. The number of nitro groups is 1.